The molecule has 0 heterocycles. The lowest BCUT2D eigenvalue weighted by Gasteiger charge is -2.20. The van der Waals surface area contributed by atoms with E-state index >= 15 is 0 Å². The van der Waals surface area contributed by atoms with Crippen LogP contribution >= 0.6 is 0 Å². The third-order valence-electron chi connectivity index (χ3n) is 6.01. The zero-order chi connectivity index (χ0) is 27.4. The molecule has 9 heteroatoms. The summed E-state index contributed by atoms with van der Waals surface area (Å²) in [5, 5.41) is 26.3. The standard InChI is InChI=1S/C28H40N4O5/c1-18(2)21(8-10-22(33)9-6-19-7-11-24(34)25(16-19)36-5)14-20-15-23(32-28(29)31-4)27(35)26(17-20)37-13-12-30-3/h7-8,10-11,15-18,21,30,34-35H,6,9,12-14H2,1-5H3,(H3,29,31,32). The van der Waals surface area contributed by atoms with Gasteiger partial charge >= 0.3 is 0 Å². The number of phenols is 2. The molecule has 0 bridgehead atoms. The molecule has 0 aliphatic carbocycles. The van der Waals surface area contributed by atoms with E-state index in [1.807, 2.05) is 25.3 Å². The van der Waals surface area contributed by atoms with Gasteiger partial charge in [0.2, 0.25) is 0 Å². The summed E-state index contributed by atoms with van der Waals surface area (Å²) in [6.45, 7) is 5.22. The second-order valence-corrected chi connectivity index (χ2v) is 9.12. The molecule has 0 amide bonds. The molecule has 6 N–H and O–H groups in total. The van der Waals surface area contributed by atoms with Gasteiger partial charge in [-0.1, -0.05) is 26.0 Å². The SMILES string of the molecule is CN=C(N)Nc1cc(CC(C=CC(=O)CCc2ccc(O)c(OC)c2)C(C)C)cc(OCCNC)c1O. The zero-order valence-corrected chi connectivity index (χ0v) is 22.4. The van der Waals surface area contributed by atoms with Crippen molar-refractivity contribution in [2.45, 2.75) is 33.1 Å². The van der Waals surface area contributed by atoms with Gasteiger partial charge in [-0.25, -0.2) is 0 Å². The van der Waals surface area contributed by atoms with Gasteiger partial charge in [-0.2, -0.15) is 0 Å². The Balaban J connectivity index is 2.15. The van der Waals surface area contributed by atoms with Gasteiger partial charge < -0.3 is 36.1 Å². The number of phenolic OH excluding ortho intramolecular Hbond substituents is 2. The molecule has 2 rings (SSSR count). The van der Waals surface area contributed by atoms with Crippen LogP contribution in [0.2, 0.25) is 0 Å². The third-order valence-corrected chi connectivity index (χ3v) is 6.01. The second kappa shape index (κ2) is 14.7. The molecule has 37 heavy (non-hydrogen) atoms. The Hall–Kier alpha value is -3.72. The number of nitrogens with two attached hydrogens (primary N) is 1. The summed E-state index contributed by atoms with van der Waals surface area (Å²) < 4.78 is 10.9. The molecule has 202 valence electrons. The lowest BCUT2D eigenvalue weighted by molar-refractivity contribution is -0.114. The zero-order valence-electron chi connectivity index (χ0n) is 22.4. The lowest BCUT2D eigenvalue weighted by atomic mass is 9.88. The van der Waals surface area contributed by atoms with Crippen LogP contribution < -0.4 is 25.8 Å². The number of benzene rings is 2. The van der Waals surface area contributed by atoms with Crippen LogP contribution in [0.25, 0.3) is 0 Å². The van der Waals surface area contributed by atoms with Gasteiger partial charge in [0.05, 0.1) is 12.8 Å². The molecule has 0 radical (unpaired) electrons. The van der Waals surface area contributed by atoms with Crippen LogP contribution in [0, 0.1) is 11.8 Å². The fraction of sp³-hybridized carbons (Fsp3) is 0.429. The van der Waals surface area contributed by atoms with Crippen molar-refractivity contribution in [3.63, 3.8) is 0 Å². The van der Waals surface area contributed by atoms with Crippen LogP contribution in [0.15, 0.2) is 47.5 Å². The Morgan fingerprint density at radius 2 is 1.89 bits per heavy atom. The van der Waals surface area contributed by atoms with Crippen molar-refractivity contribution in [1.29, 1.82) is 0 Å². The monoisotopic (exact) mass is 512 g/mol. The van der Waals surface area contributed by atoms with E-state index in [9.17, 15) is 15.0 Å². The van der Waals surface area contributed by atoms with E-state index in [0.29, 0.717) is 49.6 Å². The van der Waals surface area contributed by atoms with Gasteiger partial charge in [0.15, 0.2) is 34.7 Å². The molecule has 1 unspecified atom stereocenters. The summed E-state index contributed by atoms with van der Waals surface area (Å²) in [7, 11) is 4.88. The van der Waals surface area contributed by atoms with Crippen molar-refractivity contribution in [2.24, 2.45) is 22.6 Å². The van der Waals surface area contributed by atoms with Crippen LogP contribution in [0.3, 0.4) is 0 Å². The van der Waals surface area contributed by atoms with Crippen molar-refractivity contribution in [2.75, 3.05) is 39.7 Å². The topological polar surface area (TPSA) is 138 Å². The maximum atomic E-state index is 12.6. The average molecular weight is 513 g/mol. The molecule has 0 saturated heterocycles. The van der Waals surface area contributed by atoms with Gasteiger partial charge in [0, 0.05) is 20.0 Å². The van der Waals surface area contributed by atoms with Crippen LogP contribution in [0.5, 0.6) is 23.0 Å². The Bertz CT molecular complexity index is 1100. The van der Waals surface area contributed by atoms with Gasteiger partial charge in [-0.3, -0.25) is 9.79 Å². The summed E-state index contributed by atoms with van der Waals surface area (Å²) >= 11 is 0. The molecule has 2 aromatic rings. The maximum Gasteiger partial charge on any atom is 0.192 e. The van der Waals surface area contributed by atoms with E-state index < -0.39 is 0 Å². The van der Waals surface area contributed by atoms with E-state index in [2.05, 4.69) is 29.5 Å². The molecule has 1 atom stereocenters. The van der Waals surface area contributed by atoms with Gasteiger partial charge in [0.25, 0.3) is 0 Å². The first-order valence-corrected chi connectivity index (χ1v) is 12.4. The van der Waals surface area contributed by atoms with E-state index in [-0.39, 0.29) is 35.1 Å². The number of ketones is 1. The van der Waals surface area contributed by atoms with Crippen molar-refractivity contribution in [3.05, 3.63) is 53.6 Å². The number of likely N-dealkylation sites (N-methyl/N-ethyl adjacent to an activating group) is 1. The first-order valence-electron chi connectivity index (χ1n) is 12.4. The highest BCUT2D eigenvalue weighted by Crippen LogP contribution is 2.37. The molecule has 9 nitrogen and oxygen atoms in total. The molecule has 0 aromatic heterocycles. The summed E-state index contributed by atoms with van der Waals surface area (Å²) in [5.41, 5.74) is 8.08. The fourth-order valence-electron chi connectivity index (χ4n) is 3.70. The number of carbonyl (C=O) groups is 1. The molecule has 2 aromatic carbocycles. The molecular formula is C28H40N4O5. The number of guanidine groups is 1. The first kappa shape index (κ1) is 29.5. The van der Waals surface area contributed by atoms with Crippen LogP contribution in [0.4, 0.5) is 5.69 Å². The fourth-order valence-corrected chi connectivity index (χ4v) is 3.70. The minimum atomic E-state index is -0.0378. The van der Waals surface area contributed by atoms with E-state index in [4.69, 9.17) is 15.2 Å². The van der Waals surface area contributed by atoms with Crippen LogP contribution in [0.1, 0.15) is 31.4 Å². The van der Waals surface area contributed by atoms with Gasteiger partial charge in [0.1, 0.15) is 6.61 Å². The number of ether oxygens (including phenoxy) is 2. The summed E-state index contributed by atoms with van der Waals surface area (Å²) in [6, 6.07) is 8.74. The number of allylic oxidation sites excluding steroid dienone is 2. The number of nitrogens with zero attached hydrogens (tertiary/aromatic N) is 1. The number of hydrogen-bond acceptors (Lipinski definition) is 7. The molecule has 0 fully saturated rings. The number of aryl methyl sites for hydroxylation is 1. The smallest absolute Gasteiger partial charge is 0.192 e. The van der Waals surface area contributed by atoms with E-state index in [0.717, 1.165) is 11.1 Å². The molecule has 0 aliphatic heterocycles. The average Bonchev–Trinajstić information content (AvgIpc) is 2.88. The van der Waals surface area contributed by atoms with Crippen molar-refractivity contribution >= 4 is 17.4 Å². The Labute approximate surface area is 219 Å². The Morgan fingerprint density at radius 3 is 2.54 bits per heavy atom. The molecule has 0 saturated carbocycles. The van der Waals surface area contributed by atoms with E-state index in [1.165, 1.54) is 7.11 Å². The highest BCUT2D eigenvalue weighted by molar-refractivity contribution is 5.94. The first-order chi connectivity index (χ1) is 17.7. The number of carbonyl (C=O) groups excluding carboxylic acids is 1. The normalized spacial score (nSPS) is 12.6. The van der Waals surface area contributed by atoms with Crippen LogP contribution in [-0.4, -0.2) is 56.3 Å². The summed E-state index contributed by atoms with van der Waals surface area (Å²) in [5.74, 6) is 1.33. The Kier molecular flexibility index (Phi) is 11.8. The minimum absolute atomic E-state index is 0.0220. The maximum absolute atomic E-state index is 12.6. The number of anilines is 1. The van der Waals surface area contributed by atoms with Gasteiger partial charge in [-0.15, -0.1) is 0 Å². The van der Waals surface area contributed by atoms with Crippen molar-refractivity contribution in [3.8, 4) is 23.0 Å². The largest absolute Gasteiger partial charge is 0.504 e. The predicted molar refractivity (Wildman–Crippen MR) is 148 cm³/mol. The summed E-state index contributed by atoms with van der Waals surface area (Å²) in [6.07, 6.45) is 5.13. The highest BCUT2D eigenvalue weighted by Gasteiger charge is 2.17. The highest BCUT2D eigenvalue weighted by atomic mass is 16.5. The molecule has 0 spiro atoms. The molecular weight excluding hydrogens is 472 g/mol. The lowest BCUT2D eigenvalue weighted by Crippen LogP contribution is -2.22. The number of nitrogens with one attached hydrogen (secondary N) is 2. The number of hydrogen-bond donors (Lipinski definition) is 5. The van der Waals surface area contributed by atoms with Crippen molar-refractivity contribution in [1.82, 2.24) is 5.32 Å². The van der Waals surface area contributed by atoms with Crippen molar-refractivity contribution < 1.29 is 24.5 Å². The second-order valence-electron chi connectivity index (χ2n) is 9.12. The summed E-state index contributed by atoms with van der Waals surface area (Å²) in [4.78, 5) is 16.5. The number of rotatable bonds is 14. The number of aliphatic imine (C=N–C) groups is 1. The van der Waals surface area contributed by atoms with Gasteiger partial charge in [-0.05, 0) is 73.2 Å². The third kappa shape index (κ3) is 9.34. The van der Waals surface area contributed by atoms with Crippen LogP contribution in [-0.2, 0) is 17.6 Å². The minimum Gasteiger partial charge on any atom is -0.504 e. The number of aromatic hydroxyl groups is 2. The van der Waals surface area contributed by atoms with E-state index in [1.54, 1.807) is 31.3 Å². The predicted octanol–water partition coefficient (Wildman–Crippen LogP) is 3.63. The molecule has 0 aliphatic rings. The Morgan fingerprint density at radius 1 is 1.16 bits per heavy atom. The number of methoxy groups -OCH3 is 1. The quantitative estimate of drug-likeness (QED) is 0.0850.